The van der Waals surface area contributed by atoms with Crippen molar-refractivity contribution in [2.24, 2.45) is 50.2 Å². The van der Waals surface area contributed by atoms with Crippen LogP contribution in [0.4, 0.5) is 0 Å². The lowest BCUT2D eigenvalue weighted by atomic mass is 9.33. The standard InChI is InChI=1S/C58H94O25.C17H16O4/c1-23-44(80-47-40(69)34(63)27(60)21-74-47)38(67)42(71)48(76-23)79-33-13-14-55(7)30(54(33,5)6)12-15-56(8)31(55)11-10-25-26-18-53(3,4)16-17-58(26,32(62)19-57(25,56)9)52(73)83-51-46(35(64)28(61)22-75-51)82-49-43(72)39(68)45(24(2)77-49)81-50-41(70)37(66)36(65)29(20-59)78-50;1-18-10-4-6-13-15(7-10)20-9-14-12-5-3-11(19-2)8-16(12)21-17(13)14/h10,23-24,26-51,59-72H,11-22H2,1-9H3;3-8,14,17H,9H2,1-2H3. The number of ether oxygens (including phenoxy) is 14. The zero-order valence-corrected chi connectivity index (χ0v) is 60.9. The highest BCUT2D eigenvalue weighted by molar-refractivity contribution is 5.80. The van der Waals surface area contributed by atoms with Gasteiger partial charge in [-0.1, -0.05) is 66.2 Å². The second kappa shape index (κ2) is 29.3. The van der Waals surface area contributed by atoms with Crippen molar-refractivity contribution in [1.29, 1.82) is 0 Å². The van der Waals surface area contributed by atoms with Crippen molar-refractivity contribution in [1.82, 2.24) is 0 Å². The monoisotopic (exact) mass is 1470 g/mol. The number of carbonyl (C=O) groups is 1. The molecule has 5 saturated heterocycles. The van der Waals surface area contributed by atoms with E-state index in [9.17, 15) is 71.5 Å². The predicted molar refractivity (Wildman–Crippen MR) is 360 cm³/mol. The van der Waals surface area contributed by atoms with Gasteiger partial charge >= 0.3 is 5.97 Å². The number of benzene rings is 2. The maximum atomic E-state index is 15.4. The lowest BCUT2D eigenvalue weighted by molar-refractivity contribution is -0.374. The number of esters is 1. The average Bonchev–Trinajstić information content (AvgIpc) is 1.18. The molecule has 34 atom stereocenters. The fraction of sp³-hybridized carbons (Fsp3) is 0.800. The Morgan fingerprint density at radius 1 is 0.548 bits per heavy atom. The maximum Gasteiger partial charge on any atom is 0.317 e. The zero-order valence-electron chi connectivity index (χ0n) is 60.9. The first-order valence-corrected chi connectivity index (χ1v) is 36.9. The number of hydrogen-bond acceptors (Lipinski definition) is 29. The number of allylic oxidation sites excluding steroid dienone is 2. The Hall–Kier alpha value is -4.07. The van der Waals surface area contributed by atoms with E-state index in [0.29, 0.717) is 32.3 Å². The minimum Gasteiger partial charge on any atom is -0.497 e. The van der Waals surface area contributed by atoms with Crippen LogP contribution in [-0.2, 0) is 52.2 Å². The van der Waals surface area contributed by atoms with Gasteiger partial charge in [0.1, 0.15) is 126 Å². The molecule has 14 N–H and O–H groups in total. The third kappa shape index (κ3) is 13.2. The molecule has 0 aromatic heterocycles. The Labute approximate surface area is 605 Å². The Bertz CT molecular complexity index is 3390. The van der Waals surface area contributed by atoms with E-state index in [0.717, 1.165) is 53.4 Å². The van der Waals surface area contributed by atoms with E-state index in [-0.39, 0.29) is 59.6 Å². The van der Waals surface area contributed by atoms with Crippen molar-refractivity contribution in [2.75, 3.05) is 40.6 Å². The number of hydrogen-bond donors (Lipinski definition) is 14. The summed E-state index contributed by atoms with van der Waals surface area (Å²) < 4.78 is 82.2. The molecule has 5 aliphatic carbocycles. The second-order valence-corrected chi connectivity index (χ2v) is 33.5. The highest BCUT2D eigenvalue weighted by Gasteiger charge is 2.72. The summed E-state index contributed by atoms with van der Waals surface area (Å²) in [5.41, 5.74) is -0.0221. The Balaban J connectivity index is 0.000000387. The van der Waals surface area contributed by atoms with Crippen molar-refractivity contribution in [3.05, 3.63) is 59.2 Å². The van der Waals surface area contributed by atoms with E-state index in [1.54, 1.807) is 21.1 Å². The third-order valence-electron chi connectivity index (χ3n) is 26.9. The third-order valence-corrected chi connectivity index (χ3v) is 26.9. The van der Waals surface area contributed by atoms with E-state index in [1.165, 1.54) is 12.5 Å². The maximum absolute atomic E-state index is 15.4. The van der Waals surface area contributed by atoms with Gasteiger partial charge in [0.2, 0.25) is 6.29 Å². The molecule has 7 aliphatic heterocycles. The average molecular weight is 1480 g/mol. The summed E-state index contributed by atoms with van der Waals surface area (Å²) in [5, 5.41) is 152. The fourth-order valence-electron chi connectivity index (χ4n) is 20.5. The number of methoxy groups -OCH3 is 2. The molecular weight excluding hydrogens is 1360 g/mol. The SMILES string of the molecule is CC1OC(OC2CCC3(C)C(CCC4(C)C3CC=C3C5CC(C)(C)CCC5(C(=O)OC5OCC(O)C(O)C5OC5OC(C)C(OC6OC(CO)C(O)C(O)C6O)C(O)C5O)C(O)CC34C)C2(C)C)C(O)C(O)C1OC1OCC(O)C(O)C1O.COc1ccc2c(c1)OC1c3ccc(OC)cc3OCC21. The fourth-order valence-corrected chi connectivity index (χ4v) is 20.5. The molecule has 2 aromatic carbocycles. The number of fused-ring (bicyclic) bond motifs is 12. The summed E-state index contributed by atoms with van der Waals surface area (Å²) in [4.78, 5) is 15.4. The van der Waals surface area contributed by atoms with Crippen molar-refractivity contribution >= 4 is 5.97 Å². The Morgan fingerprint density at radius 3 is 1.76 bits per heavy atom. The zero-order chi connectivity index (χ0) is 75.0. The Kier molecular flexibility index (Phi) is 22.0. The van der Waals surface area contributed by atoms with Gasteiger partial charge in [-0.2, -0.15) is 0 Å². The molecule has 0 radical (unpaired) electrons. The lowest BCUT2D eigenvalue weighted by Gasteiger charge is -2.71. The van der Waals surface area contributed by atoms with Crippen LogP contribution in [0.5, 0.6) is 23.0 Å². The molecule has 0 amide bonds. The smallest absolute Gasteiger partial charge is 0.317 e. The molecule has 14 rings (SSSR count). The van der Waals surface area contributed by atoms with Crippen LogP contribution in [0.1, 0.15) is 143 Å². The van der Waals surface area contributed by atoms with Crippen LogP contribution in [0.2, 0.25) is 0 Å². The highest BCUT2D eigenvalue weighted by atomic mass is 16.8. The van der Waals surface area contributed by atoms with Crippen LogP contribution in [0.25, 0.3) is 0 Å². The van der Waals surface area contributed by atoms with E-state index in [4.69, 9.17) is 66.3 Å². The minimum absolute atomic E-state index is 0.00163. The van der Waals surface area contributed by atoms with E-state index in [2.05, 4.69) is 60.6 Å². The topological polar surface area (TPSA) is 430 Å². The molecule has 4 saturated carbocycles. The van der Waals surface area contributed by atoms with Gasteiger partial charge in [0, 0.05) is 23.3 Å². The Morgan fingerprint density at radius 2 is 1.12 bits per heavy atom. The summed E-state index contributed by atoms with van der Waals surface area (Å²) in [5.74, 6) is 2.56. The lowest BCUT2D eigenvalue weighted by Crippen LogP contribution is -2.68. The van der Waals surface area contributed by atoms with E-state index < -0.39 is 195 Å². The molecule has 9 fully saturated rings. The summed E-state index contributed by atoms with van der Waals surface area (Å²) in [6.07, 6.45) is -29.2. The molecule has 0 bridgehead atoms. The van der Waals surface area contributed by atoms with Crippen LogP contribution in [0.15, 0.2) is 48.0 Å². The summed E-state index contributed by atoms with van der Waals surface area (Å²) in [6, 6.07) is 11.9. The van der Waals surface area contributed by atoms with Gasteiger partial charge in [0.15, 0.2) is 31.3 Å². The minimum atomic E-state index is -1.93. The molecule has 2 aromatic rings. The molecule has 29 heteroatoms. The van der Waals surface area contributed by atoms with Crippen LogP contribution in [-0.4, -0.2) is 272 Å². The van der Waals surface area contributed by atoms with E-state index >= 15 is 4.79 Å². The molecular formula is C75H110O29. The van der Waals surface area contributed by atoms with Gasteiger partial charge in [-0.25, -0.2) is 0 Å². The summed E-state index contributed by atoms with van der Waals surface area (Å²) in [7, 11) is 3.32. The summed E-state index contributed by atoms with van der Waals surface area (Å²) in [6.45, 7) is 17.8. The normalized spacial score (nSPS) is 48.3. The van der Waals surface area contributed by atoms with Crippen LogP contribution < -0.4 is 18.9 Å². The molecule has 0 spiro atoms. The van der Waals surface area contributed by atoms with Crippen LogP contribution in [0.3, 0.4) is 0 Å². The quantitative estimate of drug-likeness (QED) is 0.0766. The second-order valence-electron chi connectivity index (χ2n) is 33.5. The molecule has 584 valence electrons. The van der Waals surface area contributed by atoms with Crippen molar-refractivity contribution < 1.29 is 143 Å². The van der Waals surface area contributed by atoms with Crippen molar-refractivity contribution in [2.45, 2.75) is 286 Å². The van der Waals surface area contributed by atoms with Gasteiger partial charge < -0.3 is 138 Å². The van der Waals surface area contributed by atoms with Crippen molar-refractivity contribution in [3.63, 3.8) is 0 Å². The molecule has 12 aliphatic rings. The van der Waals surface area contributed by atoms with Gasteiger partial charge in [0.05, 0.1) is 71.0 Å². The molecule has 29 nitrogen and oxygen atoms in total. The van der Waals surface area contributed by atoms with Gasteiger partial charge in [-0.3, -0.25) is 4.79 Å². The number of rotatable bonds is 13. The van der Waals surface area contributed by atoms with Gasteiger partial charge in [-0.05, 0) is 135 Å². The number of aliphatic hydroxyl groups is 14. The van der Waals surface area contributed by atoms with E-state index in [1.807, 2.05) is 30.3 Å². The number of carbonyl (C=O) groups excluding carboxylic acids is 1. The molecule has 34 unspecified atom stereocenters. The first-order valence-electron chi connectivity index (χ1n) is 36.9. The highest BCUT2D eigenvalue weighted by Crippen LogP contribution is 2.76. The molecule has 7 heterocycles. The van der Waals surface area contributed by atoms with Crippen LogP contribution >= 0.6 is 0 Å². The predicted octanol–water partition coefficient (Wildman–Crippen LogP) is 1.41. The van der Waals surface area contributed by atoms with Crippen LogP contribution in [0, 0.1) is 50.2 Å². The van der Waals surface area contributed by atoms with Gasteiger partial charge in [0.25, 0.3) is 0 Å². The first kappa shape index (κ1) is 78.1. The number of aliphatic hydroxyl groups excluding tert-OH is 14. The summed E-state index contributed by atoms with van der Waals surface area (Å²) >= 11 is 0. The first-order chi connectivity index (χ1) is 49.1. The van der Waals surface area contributed by atoms with Gasteiger partial charge in [-0.15, -0.1) is 0 Å². The largest absolute Gasteiger partial charge is 0.497 e. The molecule has 104 heavy (non-hydrogen) atoms. The van der Waals surface area contributed by atoms with Crippen molar-refractivity contribution in [3.8, 4) is 23.0 Å².